The summed E-state index contributed by atoms with van der Waals surface area (Å²) in [6.45, 7) is 1.20. The molecule has 1 aromatic rings. The Labute approximate surface area is 233 Å². The number of nitrogens with one attached hydrogen (secondary N) is 2. The third-order valence-corrected chi connectivity index (χ3v) is 5.94. The third-order valence-electron chi connectivity index (χ3n) is 5.94. The van der Waals surface area contributed by atoms with Gasteiger partial charge in [-0.15, -0.1) is 0 Å². The largest absolute Gasteiger partial charge is 0.490 e. The number of rotatable bonds is 4. The van der Waals surface area contributed by atoms with E-state index in [4.69, 9.17) is 24.6 Å². The van der Waals surface area contributed by atoms with E-state index in [-0.39, 0.29) is 37.3 Å². The third kappa shape index (κ3) is 10.8. The van der Waals surface area contributed by atoms with Gasteiger partial charge in [0.2, 0.25) is 0 Å². The molecule has 1 saturated carbocycles. The summed E-state index contributed by atoms with van der Waals surface area (Å²) >= 11 is 0. The minimum absolute atomic E-state index is 0.152. The van der Waals surface area contributed by atoms with E-state index in [1.54, 1.807) is 0 Å². The van der Waals surface area contributed by atoms with Crippen molar-refractivity contribution in [2.24, 2.45) is 5.16 Å². The van der Waals surface area contributed by atoms with Crippen LogP contribution in [0.4, 0.5) is 48.3 Å². The molecule has 1 amide bonds. The van der Waals surface area contributed by atoms with E-state index in [2.05, 4.69) is 20.4 Å². The van der Waals surface area contributed by atoms with Crippen LogP contribution in [-0.4, -0.2) is 91.6 Å². The molecule has 1 saturated heterocycles. The number of carboxylic acids is 2. The van der Waals surface area contributed by atoms with E-state index in [1.165, 1.54) is 0 Å². The number of alkyl halides is 11. The second-order valence-corrected chi connectivity index (χ2v) is 9.59. The number of carbonyl (C=O) groups is 3. The van der Waals surface area contributed by atoms with Crippen LogP contribution >= 0.6 is 0 Å². The van der Waals surface area contributed by atoms with Crippen LogP contribution in [-0.2, 0) is 31.9 Å². The van der Waals surface area contributed by atoms with Gasteiger partial charge in [0.1, 0.15) is 17.2 Å². The molecule has 2 fully saturated rings. The normalized spacial score (nSPS) is 22.2. The van der Waals surface area contributed by atoms with Crippen LogP contribution in [0.3, 0.4) is 0 Å². The van der Waals surface area contributed by atoms with Gasteiger partial charge in [-0.3, -0.25) is 9.69 Å². The highest BCUT2D eigenvalue weighted by molar-refractivity contribution is 6.39. The van der Waals surface area contributed by atoms with Gasteiger partial charge in [-0.2, -0.15) is 39.5 Å². The summed E-state index contributed by atoms with van der Waals surface area (Å²) < 4.78 is 127. The number of piperidine rings is 1. The Morgan fingerprint density at radius 2 is 1.56 bits per heavy atom. The summed E-state index contributed by atoms with van der Waals surface area (Å²) in [6.07, 6.45) is -13.1. The van der Waals surface area contributed by atoms with Crippen LogP contribution in [0.1, 0.15) is 43.6 Å². The Hall–Kier alpha value is -3.72. The van der Waals surface area contributed by atoms with Crippen LogP contribution in [0.15, 0.2) is 11.4 Å². The lowest BCUT2D eigenvalue weighted by atomic mass is 9.86. The number of H-pyrrole nitrogens is 1. The van der Waals surface area contributed by atoms with Crippen molar-refractivity contribution in [1.82, 2.24) is 20.2 Å². The Morgan fingerprint density at radius 3 is 2.00 bits per heavy atom. The molecule has 3 aliphatic rings. The highest BCUT2D eigenvalue weighted by Gasteiger charge is 2.48. The average Bonchev–Trinajstić information content (AvgIpc) is 3.45. The first-order chi connectivity index (χ1) is 19.4. The smallest absolute Gasteiger partial charge is 0.475 e. The predicted octanol–water partition coefficient (Wildman–Crippen LogP) is 3.72. The SMILES string of the molecule is O=C(NC1CC(F)(F)C1)C1=NOC2(CCCN(Cc3ncc(C(F)(F)F)[nH]3)C2)C1.O=C(O)C(F)(F)F.O=C(O)C(F)(F)F. The summed E-state index contributed by atoms with van der Waals surface area (Å²) in [5.74, 6) is -8.56. The lowest BCUT2D eigenvalue weighted by molar-refractivity contribution is -0.193. The zero-order valence-electron chi connectivity index (χ0n) is 21.3. The predicted molar refractivity (Wildman–Crippen MR) is 117 cm³/mol. The number of halogens is 11. The minimum Gasteiger partial charge on any atom is -0.475 e. The molecule has 1 aliphatic carbocycles. The standard InChI is InChI=1S/C17H20F5N5O2.2C2HF3O2/c18-16(19)4-10(5-16)24-14(28)11-6-15(29-26-11)2-1-3-27(9-15)8-13-23-7-12(25-13)17(20,21)22;2*3-2(4,5)1(6)7/h7,10H,1-6,8-9H2,(H,23,25)(H,24,28);2*(H,6,7). The van der Waals surface area contributed by atoms with Crippen LogP contribution < -0.4 is 5.32 Å². The fourth-order valence-electron chi connectivity index (χ4n) is 4.02. The maximum atomic E-state index is 12.9. The van der Waals surface area contributed by atoms with Gasteiger partial charge >= 0.3 is 30.5 Å². The molecule has 4 rings (SSSR count). The molecule has 2 aliphatic heterocycles. The van der Waals surface area contributed by atoms with Gasteiger partial charge in [0.05, 0.1) is 12.7 Å². The van der Waals surface area contributed by atoms with Crippen molar-refractivity contribution in [3.05, 3.63) is 17.7 Å². The number of aromatic nitrogens is 2. The molecule has 22 heteroatoms. The Morgan fingerprint density at radius 1 is 1.02 bits per heavy atom. The van der Waals surface area contributed by atoms with Crippen LogP contribution in [0, 0.1) is 0 Å². The summed E-state index contributed by atoms with van der Waals surface area (Å²) in [5, 5.41) is 20.6. The number of aromatic amines is 1. The number of nitrogens with zero attached hydrogens (tertiary/aromatic N) is 3. The molecule has 3 heterocycles. The number of likely N-dealkylation sites (tertiary alicyclic amines) is 1. The van der Waals surface area contributed by atoms with Crippen molar-refractivity contribution in [1.29, 1.82) is 0 Å². The maximum absolute atomic E-state index is 12.9. The molecule has 4 N–H and O–H groups in total. The molecule has 0 bridgehead atoms. The molecule has 244 valence electrons. The number of carbonyl (C=O) groups excluding carboxylic acids is 1. The topological polar surface area (TPSA) is 157 Å². The number of hydrogen-bond donors (Lipinski definition) is 4. The van der Waals surface area contributed by atoms with Gasteiger partial charge in [-0.05, 0) is 19.4 Å². The summed E-state index contributed by atoms with van der Waals surface area (Å²) in [6, 6.07) is -0.568. The van der Waals surface area contributed by atoms with E-state index in [0.717, 1.165) is 6.20 Å². The second-order valence-electron chi connectivity index (χ2n) is 9.59. The van der Waals surface area contributed by atoms with Crippen molar-refractivity contribution in [2.45, 2.75) is 74.7 Å². The van der Waals surface area contributed by atoms with Crippen molar-refractivity contribution in [3.63, 3.8) is 0 Å². The van der Waals surface area contributed by atoms with E-state index in [0.29, 0.717) is 25.9 Å². The zero-order chi connectivity index (χ0) is 33.0. The number of aliphatic carboxylic acids is 2. The fraction of sp³-hybridized carbons (Fsp3) is 0.667. The van der Waals surface area contributed by atoms with Crippen LogP contribution in [0.25, 0.3) is 0 Å². The molecular weight excluding hydrogens is 627 g/mol. The second kappa shape index (κ2) is 12.9. The Kier molecular flexibility index (Phi) is 10.6. The van der Waals surface area contributed by atoms with E-state index in [9.17, 15) is 53.1 Å². The number of imidazole rings is 1. The highest BCUT2D eigenvalue weighted by Crippen LogP contribution is 2.38. The fourth-order valence-corrected chi connectivity index (χ4v) is 4.02. The molecule has 0 aromatic carbocycles. The van der Waals surface area contributed by atoms with E-state index in [1.807, 2.05) is 4.90 Å². The Balaban J connectivity index is 0.000000384. The zero-order valence-corrected chi connectivity index (χ0v) is 21.3. The summed E-state index contributed by atoms with van der Waals surface area (Å²) in [4.78, 5) is 43.5. The minimum atomic E-state index is -5.08. The van der Waals surface area contributed by atoms with E-state index < -0.39 is 59.6 Å². The monoisotopic (exact) mass is 649 g/mol. The molecule has 1 aromatic heterocycles. The van der Waals surface area contributed by atoms with Gasteiger partial charge in [0.15, 0.2) is 5.60 Å². The van der Waals surface area contributed by atoms with Gasteiger partial charge < -0.3 is 25.4 Å². The quantitative estimate of drug-likeness (QED) is 0.360. The Bertz CT molecular complexity index is 1170. The average molecular weight is 649 g/mol. The molecule has 43 heavy (non-hydrogen) atoms. The van der Waals surface area contributed by atoms with Crippen molar-refractivity contribution in [2.75, 3.05) is 13.1 Å². The lowest BCUT2D eigenvalue weighted by Gasteiger charge is -2.38. The molecule has 11 nitrogen and oxygen atoms in total. The van der Waals surface area contributed by atoms with Crippen LogP contribution in [0.5, 0.6) is 0 Å². The molecule has 1 atom stereocenters. The number of carboxylic acid groups (broad SMARTS) is 2. The maximum Gasteiger partial charge on any atom is 0.490 e. The molecule has 0 radical (unpaired) electrons. The first kappa shape index (κ1) is 35.5. The van der Waals surface area contributed by atoms with Gasteiger partial charge in [0.25, 0.3) is 11.8 Å². The highest BCUT2D eigenvalue weighted by atomic mass is 19.4. The number of amides is 1. The van der Waals surface area contributed by atoms with Gasteiger partial charge in [0, 0.05) is 31.8 Å². The van der Waals surface area contributed by atoms with Crippen molar-refractivity contribution < 1.29 is 77.7 Å². The first-order valence-corrected chi connectivity index (χ1v) is 11.8. The lowest BCUT2D eigenvalue weighted by Crippen LogP contribution is -2.53. The van der Waals surface area contributed by atoms with E-state index >= 15 is 0 Å². The molecule has 1 spiro atoms. The van der Waals surface area contributed by atoms with Crippen molar-refractivity contribution in [3.8, 4) is 0 Å². The van der Waals surface area contributed by atoms with Crippen LogP contribution in [0.2, 0.25) is 0 Å². The summed E-state index contributed by atoms with van der Waals surface area (Å²) in [7, 11) is 0. The molecule has 1 unspecified atom stereocenters. The van der Waals surface area contributed by atoms with Gasteiger partial charge in [-0.1, -0.05) is 5.16 Å². The number of oxime groups is 1. The molecular formula is C21H22F11N5O6. The van der Waals surface area contributed by atoms with Crippen molar-refractivity contribution >= 4 is 23.6 Å². The first-order valence-electron chi connectivity index (χ1n) is 11.8. The van der Waals surface area contributed by atoms with Gasteiger partial charge in [-0.25, -0.2) is 23.4 Å². The summed E-state index contributed by atoms with van der Waals surface area (Å²) in [5.41, 5.74) is -1.49. The number of hydrogen-bond acceptors (Lipinski definition) is 7.